The summed E-state index contributed by atoms with van der Waals surface area (Å²) in [6.07, 6.45) is 1.84. The lowest BCUT2D eigenvalue weighted by Crippen LogP contribution is -1.93. The number of rotatable bonds is 1. The van der Waals surface area contributed by atoms with Gasteiger partial charge in [0.15, 0.2) is 0 Å². The SMILES string of the molecule is Cn1c(-c2ccnc3ccccc23)nc2ccccc21. The zero-order chi connectivity index (χ0) is 13.5. The van der Waals surface area contributed by atoms with Gasteiger partial charge in [-0.05, 0) is 24.3 Å². The van der Waals surface area contributed by atoms with Crippen molar-refractivity contribution in [3.8, 4) is 11.4 Å². The molecular formula is C17H13N3. The van der Waals surface area contributed by atoms with Crippen LogP contribution >= 0.6 is 0 Å². The van der Waals surface area contributed by atoms with Crippen LogP contribution < -0.4 is 0 Å². The number of benzene rings is 2. The van der Waals surface area contributed by atoms with E-state index in [2.05, 4.69) is 28.7 Å². The van der Waals surface area contributed by atoms with Crippen molar-refractivity contribution in [2.24, 2.45) is 7.05 Å². The minimum absolute atomic E-state index is 0.977. The fourth-order valence-corrected chi connectivity index (χ4v) is 2.68. The molecule has 2 aromatic carbocycles. The molecule has 0 aliphatic heterocycles. The first-order chi connectivity index (χ1) is 9.84. The van der Waals surface area contributed by atoms with Crippen molar-refractivity contribution in [1.82, 2.24) is 14.5 Å². The van der Waals surface area contributed by atoms with Gasteiger partial charge >= 0.3 is 0 Å². The molecule has 96 valence electrons. The molecule has 0 saturated carbocycles. The van der Waals surface area contributed by atoms with E-state index in [1.807, 2.05) is 48.7 Å². The zero-order valence-electron chi connectivity index (χ0n) is 11.1. The third-order valence-electron chi connectivity index (χ3n) is 3.68. The van der Waals surface area contributed by atoms with E-state index >= 15 is 0 Å². The first-order valence-corrected chi connectivity index (χ1v) is 6.60. The molecule has 4 aromatic rings. The number of para-hydroxylation sites is 3. The molecule has 0 atom stereocenters. The van der Waals surface area contributed by atoms with Crippen LogP contribution in [-0.4, -0.2) is 14.5 Å². The third-order valence-corrected chi connectivity index (χ3v) is 3.68. The zero-order valence-corrected chi connectivity index (χ0v) is 11.1. The van der Waals surface area contributed by atoms with Crippen LogP contribution in [0.5, 0.6) is 0 Å². The van der Waals surface area contributed by atoms with E-state index < -0.39 is 0 Å². The molecule has 0 bridgehead atoms. The second kappa shape index (κ2) is 4.17. The van der Waals surface area contributed by atoms with Gasteiger partial charge in [0.1, 0.15) is 5.82 Å². The van der Waals surface area contributed by atoms with E-state index in [1.54, 1.807) is 0 Å². The average Bonchev–Trinajstić information content (AvgIpc) is 2.84. The molecule has 0 fully saturated rings. The molecule has 0 spiro atoms. The summed E-state index contributed by atoms with van der Waals surface area (Å²) < 4.78 is 2.14. The number of hydrogen-bond acceptors (Lipinski definition) is 2. The highest BCUT2D eigenvalue weighted by atomic mass is 15.1. The number of aryl methyl sites for hydroxylation is 1. The molecule has 2 aromatic heterocycles. The topological polar surface area (TPSA) is 30.7 Å². The molecule has 0 unspecified atom stereocenters. The molecule has 4 rings (SSSR count). The van der Waals surface area contributed by atoms with E-state index in [9.17, 15) is 0 Å². The van der Waals surface area contributed by atoms with E-state index in [1.165, 1.54) is 0 Å². The average molecular weight is 259 g/mol. The van der Waals surface area contributed by atoms with E-state index in [0.29, 0.717) is 0 Å². The first kappa shape index (κ1) is 11.2. The number of aromatic nitrogens is 3. The Morgan fingerprint density at radius 3 is 2.45 bits per heavy atom. The lowest BCUT2D eigenvalue weighted by molar-refractivity contribution is 0.960. The lowest BCUT2D eigenvalue weighted by Gasteiger charge is -2.06. The Hall–Kier alpha value is -2.68. The summed E-state index contributed by atoms with van der Waals surface area (Å²) in [5.74, 6) is 0.977. The highest BCUT2D eigenvalue weighted by Gasteiger charge is 2.12. The molecule has 0 radical (unpaired) electrons. The summed E-state index contributed by atoms with van der Waals surface area (Å²) in [5.41, 5.74) is 4.28. The number of hydrogen-bond donors (Lipinski definition) is 0. The van der Waals surface area contributed by atoms with Crippen LogP contribution in [0.25, 0.3) is 33.3 Å². The van der Waals surface area contributed by atoms with Gasteiger partial charge in [-0.25, -0.2) is 4.98 Å². The van der Waals surface area contributed by atoms with Crippen molar-refractivity contribution in [2.45, 2.75) is 0 Å². The van der Waals surface area contributed by atoms with Crippen LogP contribution in [0.2, 0.25) is 0 Å². The van der Waals surface area contributed by atoms with Crippen molar-refractivity contribution < 1.29 is 0 Å². The summed E-state index contributed by atoms with van der Waals surface area (Å²) >= 11 is 0. The predicted octanol–water partition coefficient (Wildman–Crippen LogP) is 3.79. The van der Waals surface area contributed by atoms with Crippen molar-refractivity contribution in [2.75, 3.05) is 0 Å². The van der Waals surface area contributed by atoms with Crippen LogP contribution in [0.4, 0.5) is 0 Å². The fraction of sp³-hybridized carbons (Fsp3) is 0.0588. The molecule has 0 saturated heterocycles. The Balaban J connectivity index is 2.09. The molecule has 3 nitrogen and oxygen atoms in total. The van der Waals surface area contributed by atoms with Gasteiger partial charge in [0.05, 0.1) is 16.6 Å². The van der Waals surface area contributed by atoms with Gasteiger partial charge in [0, 0.05) is 24.2 Å². The molecule has 0 N–H and O–H groups in total. The van der Waals surface area contributed by atoms with E-state index in [4.69, 9.17) is 4.98 Å². The third kappa shape index (κ3) is 1.53. The first-order valence-electron chi connectivity index (χ1n) is 6.60. The van der Waals surface area contributed by atoms with Gasteiger partial charge in [-0.3, -0.25) is 4.98 Å². The number of pyridine rings is 1. The lowest BCUT2D eigenvalue weighted by atomic mass is 10.1. The van der Waals surface area contributed by atoms with Crippen LogP contribution in [0.3, 0.4) is 0 Å². The summed E-state index contributed by atoms with van der Waals surface area (Å²) in [6.45, 7) is 0. The minimum Gasteiger partial charge on any atom is -0.327 e. The molecular weight excluding hydrogens is 246 g/mol. The molecule has 0 amide bonds. The molecule has 0 aliphatic carbocycles. The molecule has 20 heavy (non-hydrogen) atoms. The second-order valence-corrected chi connectivity index (χ2v) is 4.86. The normalized spacial score (nSPS) is 11.2. The van der Waals surface area contributed by atoms with Gasteiger partial charge in [-0.15, -0.1) is 0 Å². The van der Waals surface area contributed by atoms with Crippen LogP contribution in [0, 0.1) is 0 Å². The standard InChI is InChI=1S/C17H13N3/c1-20-16-9-5-4-8-15(16)19-17(20)13-10-11-18-14-7-3-2-6-12(13)14/h2-11H,1H3. The largest absolute Gasteiger partial charge is 0.327 e. The number of imidazole rings is 1. The van der Waals surface area contributed by atoms with E-state index in [0.717, 1.165) is 33.3 Å². The Morgan fingerprint density at radius 1 is 0.850 bits per heavy atom. The summed E-state index contributed by atoms with van der Waals surface area (Å²) in [7, 11) is 2.06. The number of nitrogens with zero attached hydrogens (tertiary/aromatic N) is 3. The minimum atomic E-state index is 0.977. The monoisotopic (exact) mass is 259 g/mol. The van der Waals surface area contributed by atoms with Crippen molar-refractivity contribution in [1.29, 1.82) is 0 Å². The van der Waals surface area contributed by atoms with Crippen molar-refractivity contribution in [3.05, 3.63) is 60.8 Å². The van der Waals surface area contributed by atoms with Crippen LogP contribution in [0.1, 0.15) is 0 Å². The fourth-order valence-electron chi connectivity index (χ4n) is 2.68. The van der Waals surface area contributed by atoms with Crippen molar-refractivity contribution >= 4 is 21.9 Å². The maximum Gasteiger partial charge on any atom is 0.141 e. The Labute approximate surface area is 116 Å². The highest BCUT2D eigenvalue weighted by Crippen LogP contribution is 2.28. The summed E-state index contributed by atoms with van der Waals surface area (Å²) in [5, 5.41) is 1.13. The smallest absolute Gasteiger partial charge is 0.141 e. The molecule has 2 heterocycles. The van der Waals surface area contributed by atoms with Gasteiger partial charge < -0.3 is 4.57 Å². The van der Waals surface area contributed by atoms with Gasteiger partial charge in [0.2, 0.25) is 0 Å². The Bertz CT molecular complexity index is 916. The quantitative estimate of drug-likeness (QED) is 0.520. The van der Waals surface area contributed by atoms with Gasteiger partial charge in [-0.1, -0.05) is 30.3 Å². The predicted molar refractivity (Wildman–Crippen MR) is 81.5 cm³/mol. The summed E-state index contributed by atoms with van der Waals surface area (Å²) in [6, 6.07) is 18.4. The van der Waals surface area contributed by atoms with E-state index in [-0.39, 0.29) is 0 Å². The summed E-state index contributed by atoms with van der Waals surface area (Å²) in [4.78, 5) is 9.18. The van der Waals surface area contributed by atoms with Crippen molar-refractivity contribution in [3.63, 3.8) is 0 Å². The number of fused-ring (bicyclic) bond motifs is 2. The highest BCUT2D eigenvalue weighted by molar-refractivity contribution is 5.94. The molecule has 3 heteroatoms. The van der Waals surface area contributed by atoms with Gasteiger partial charge in [-0.2, -0.15) is 0 Å². The Morgan fingerprint density at radius 2 is 1.60 bits per heavy atom. The van der Waals surface area contributed by atoms with Gasteiger partial charge in [0.25, 0.3) is 0 Å². The second-order valence-electron chi connectivity index (χ2n) is 4.86. The van der Waals surface area contributed by atoms with Crippen LogP contribution in [0.15, 0.2) is 60.8 Å². The maximum atomic E-state index is 4.77. The molecule has 0 aliphatic rings. The maximum absolute atomic E-state index is 4.77. The van der Waals surface area contributed by atoms with Crippen LogP contribution in [-0.2, 0) is 7.05 Å². The Kier molecular flexibility index (Phi) is 2.33.